The van der Waals surface area contributed by atoms with E-state index in [4.69, 9.17) is 14.2 Å². The number of hydrogen-bond donors (Lipinski definition) is 1. The van der Waals surface area contributed by atoms with E-state index in [2.05, 4.69) is 10.5 Å². The van der Waals surface area contributed by atoms with E-state index >= 15 is 0 Å². The lowest BCUT2D eigenvalue weighted by Crippen LogP contribution is -2.47. The summed E-state index contributed by atoms with van der Waals surface area (Å²) in [5.41, 5.74) is 3.72. The number of nitrogens with zero attached hydrogens (tertiary/aromatic N) is 1. The van der Waals surface area contributed by atoms with Gasteiger partial charge in [0.05, 0.1) is 27.5 Å². The average Bonchev–Trinajstić information content (AvgIpc) is 2.65. The van der Waals surface area contributed by atoms with Crippen molar-refractivity contribution in [3.05, 3.63) is 17.7 Å². The third-order valence-electron chi connectivity index (χ3n) is 6.79. The molecular weight excluding hydrogens is 356 g/mol. The lowest BCUT2D eigenvalue weighted by atomic mass is 9.49. The molecule has 6 heteroatoms. The Morgan fingerprint density at radius 3 is 2.04 bits per heavy atom. The molecule has 0 heterocycles. The first kappa shape index (κ1) is 19.1. The number of hydrogen-bond acceptors (Lipinski definition) is 5. The lowest BCUT2D eigenvalue weighted by Gasteiger charge is -2.56. The topological polar surface area (TPSA) is 69.2 Å². The number of amides is 1. The van der Waals surface area contributed by atoms with Crippen LogP contribution in [0.4, 0.5) is 0 Å². The van der Waals surface area contributed by atoms with Crippen LogP contribution in [0.15, 0.2) is 17.2 Å². The first-order valence-electron chi connectivity index (χ1n) is 10.2. The predicted octanol–water partition coefficient (Wildman–Crippen LogP) is 3.77. The summed E-state index contributed by atoms with van der Waals surface area (Å²) in [6, 6.07) is 3.60. The van der Waals surface area contributed by atoms with Gasteiger partial charge in [-0.15, -0.1) is 0 Å². The second-order valence-electron chi connectivity index (χ2n) is 8.85. The molecule has 0 aliphatic heterocycles. The monoisotopic (exact) mass is 386 g/mol. The Morgan fingerprint density at radius 1 is 1.04 bits per heavy atom. The number of rotatable bonds is 7. The van der Waals surface area contributed by atoms with Gasteiger partial charge < -0.3 is 14.2 Å². The van der Waals surface area contributed by atoms with Gasteiger partial charge in [0.1, 0.15) is 0 Å². The van der Waals surface area contributed by atoms with Crippen molar-refractivity contribution in [3.8, 4) is 17.2 Å². The van der Waals surface area contributed by atoms with Gasteiger partial charge in [-0.2, -0.15) is 5.10 Å². The van der Waals surface area contributed by atoms with Crippen LogP contribution in [0.2, 0.25) is 0 Å². The third kappa shape index (κ3) is 3.69. The van der Waals surface area contributed by atoms with Gasteiger partial charge in [0.25, 0.3) is 0 Å². The molecule has 5 rings (SSSR count). The summed E-state index contributed by atoms with van der Waals surface area (Å²) in [4.78, 5) is 12.6. The third-order valence-corrected chi connectivity index (χ3v) is 6.79. The molecular formula is C22H30N2O4. The molecule has 152 valence electrons. The number of hydrazone groups is 1. The van der Waals surface area contributed by atoms with Crippen molar-refractivity contribution >= 4 is 12.1 Å². The molecule has 28 heavy (non-hydrogen) atoms. The summed E-state index contributed by atoms with van der Waals surface area (Å²) in [5.74, 6) is 4.22. The molecule has 1 N–H and O–H groups in total. The number of benzene rings is 1. The fourth-order valence-corrected chi connectivity index (χ4v) is 6.24. The second-order valence-corrected chi connectivity index (χ2v) is 8.85. The van der Waals surface area contributed by atoms with Crippen LogP contribution in [0.3, 0.4) is 0 Å². The number of carbonyl (C=O) groups is 1. The van der Waals surface area contributed by atoms with E-state index in [0.717, 1.165) is 23.3 Å². The van der Waals surface area contributed by atoms with Gasteiger partial charge in [0, 0.05) is 12.0 Å². The zero-order chi connectivity index (χ0) is 19.7. The summed E-state index contributed by atoms with van der Waals surface area (Å²) >= 11 is 0. The zero-order valence-corrected chi connectivity index (χ0v) is 17.0. The van der Waals surface area contributed by atoms with Crippen molar-refractivity contribution in [2.75, 3.05) is 21.3 Å². The quantitative estimate of drug-likeness (QED) is 0.572. The summed E-state index contributed by atoms with van der Waals surface area (Å²) < 4.78 is 16.0. The van der Waals surface area contributed by atoms with E-state index in [1.807, 2.05) is 0 Å². The highest BCUT2D eigenvalue weighted by molar-refractivity contribution is 5.84. The minimum atomic E-state index is 0.0191. The molecule has 4 aliphatic carbocycles. The normalized spacial score (nSPS) is 30.5. The molecule has 0 radical (unpaired) electrons. The van der Waals surface area contributed by atoms with Gasteiger partial charge >= 0.3 is 0 Å². The standard InChI is InChI=1S/C22H30N2O4/c1-26-18-7-17(8-19(27-2)21(18)28-3)13-23-24-20(25)12-22-9-14-4-15(10-22)6-16(5-14)11-22/h7-8,13-16H,4-6,9-12H2,1-3H3,(H,24,25)/b23-13+. The minimum Gasteiger partial charge on any atom is -0.493 e. The maximum absolute atomic E-state index is 12.6. The molecule has 0 saturated heterocycles. The molecule has 1 aromatic carbocycles. The van der Waals surface area contributed by atoms with Gasteiger partial charge in [-0.05, 0) is 73.8 Å². The Hall–Kier alpha value is -2.24. The van der Waals surface area contributed by atoms with Crippen molar-refractivity contribution in [1.29, 1.82) is 0 Å². The first-order valence-corrected chi connectivity index (χ1v) is 10.2. The summed E-state index contributed by atoms with van der Waals surface area (Å²) in [6.45, 7) is 0. The van der Waals surface area contributed by atoms with Crippen LogP contribution >= 0.6 is 0 Å². The zero-order valence-electron chi connectivity index (χ0n) is 17.0. The fraction of sp³-hybridized carbons (Fsp3) is 0.636. The Balaban J connectivity index is 1.39. The highest BCUT2D eigenvalue weighted by atomic mass is 16.5. The Labute approximate surface area is 166 Å². The summed E-state index contributed by atoms with van der Waals surface area (Å²) in [7, 11) is 4.72. The van der Waals surface area contributed by atoms with Crippen LogP contribution in [0.1, 0.15) is 50.5 Å². The Morgan fingerprint density at radius 2 is 1.57 bits per heavy atom. The highest BCUT2D eigenvalue weighted by Crippen LogP contribution is 2.61. The van der Waals surface area contributed by atoms with Crippen LogP contribution in [-0.4, -0.2) is 33.5 Å². The van der Waals surface area contributed by atoms with E-state index in [1.165, 1.54) is 38.5 Å². The van der Waals surface area contributed by atoms with E-state index < -0.39 is 0 Å². The van der Waals surface area contributed by atoms with Gasteiger partial charge in [0.15, 0.2) is 11.5 Å². The maximum Gasteiger partial charge on any atom is 0.240 e. The largest absolute Gasteiger partial charge is 0.493 e. The van der Waals surface area contributed by atoms with Crippen molar-refractivity contribution in [2.45, 2.75) is 44.9 Å². The van der Waals surface area contributed by atoms with E-state index in [1.54, 1.807) is 39.7 Å². The van der Waals surface area contributed by atoms with Crippen LogP contribution < -0.4 is 19.6 Å². The molecule has 0 spiro atoms. The minimum absolute atomic E-state index is 0.0191. The SMILES string of the molecule is COc1cc(/C=N/NC(=O)CC23CC4CC(CC(C4)C2)C3)cc(OC)c1OC. The van der Waals surface area contributed by atoms with Gasteiger partial charge in [-0.3, -0.25) is 4.79 Å². The molecule has 4 saturated carbocycles. The molecule has 1 aromatic rings. The first-order chi connectivity index (χ1) is 13.5. The van der Waals surface area contributed by atoms with Gasteiger partial charge in [-0.25, -0.2) is 5.43 Å². The number of methoxy groups -OCH3 is 3. The van der Waals surface area contributed by atoms with Crippen LogP contribution in [0.5, 0.6) is 17.2 Å². The summed E-state index contributed by atoms with van der Waals surface area (Å²) in [6.07, 6.45) is 10.1. The molecule has 6 nitrogen and oxygen atoms in total. The average molecular weight is 386 g/mol. The predicted molar refractivity (Wildman–Crippen MR) is 107 cm³/mol. The number of nitrogens with one attached hydrogen (secondary N) is 1. The molecule has 0 atom stereocenters. The number of ether oxygens (including phenoxy) is 3. The molecule has 0 aromatic heterocycles. The lowest BCUT2D eigenvalue weighted by molar-refractivity contribution is -0.129. The van der Waals surface area contributed by atoms with Crippen LogP contribution in [-0.2, 0) is 4.79 Å². The fourth-order valence-electron chi connectivity index (χ4n) is 6.24. The molecule has 1 amide bonds. The van der Waals surface area contributed by atoms with Crippen LogP contribution in [0.25, 0.3) is 0 Å². The molecule has 4 aliphatic rings. The Bertz CT molecular complexity index is 714. The van der Waals surface area contributed by atoms with Gasteiger partial charge in [-0.1, -0.05) is 0 Å². The van der Waals surface area contributed by atoms with E-state index in [0.29, 0.717) is 23.7 Å². The summed E-state index contributed by atoms with van der Waals surface area (Å²) in [5, 5.41) is 4.17. The van der Waals surface area contributed by atoms with E-state index in [-0.39, 0.29) is 11.3 Å². The molecule has 4 bridgehead atoms. The highest BCUT2D eigenvalue weighted by Gasteiger charge is 2.51. The Kier molecular flexibility index (Phi) is 5.21. The van der Waals surface area contributed by atoms with E-state index in [9.17, 15) is 4.79 Å². The number of carbonyl (C=O) groups excluding carboxylic acids is 1. The van der Waals surface area contributed by atoms with Gasteiger partial charge in [0.2, 0.25) is 11.7 Å². The van der Waals surface area contributed by atoms with Crippen molar-refractivity contribution in [1.82, 2.24) is 5.43 Å². The van der Waals surface area contributed by atoms with Crippen molar-refractivity contribution in [3.63, 3.8) is 0 Å². The molecule has 4 fully saturated rings. The maximum atomic E-state index is 12.6. The smallest absolute Gasteiger partial charge is 0.240 e. The van der Waals surface area contributed by atoms with Crippen molar-refractivity contribution < 1.29 is 19.0 Å². The second kappa shape index (κ2) is 7.64. The molecule has 0 unspecified atom stereocenters. The van der Waals surface area contributed by atoms with Crippen LogP contribution in [0, 0.1) is 23.2 Å². The van der Waals surface area contributed by atoms with Crippen molar-refractivity contribution in [2.24, 2.45) is 28.3 Å².